The average Bonchev–Trinajstić information content (AvgIpc) is 3.68. The van der Waals surface area contributed by atoms with Gasteiger partial charge in [0.05, 0.1) is 23.3 Å². The van der Waals surface area contributed by atoms with E-state index in [1.807, 2.05) is 29.8 Å². The Bertz CT molecular complexity index is 1430. The topological polar surface area (TPSA) is 110 Å². The van der Waals surface area contributed by atoms with Gasteiger partial charge in [0.15, 0.2) is 17.0 Å². The number of rotatable bonds is 5. The molecular formula is C26H28N6O4. The number of hydrogen-bond acceptors (Lipinski definition) is 8. The van der Waals surface area contributed by atoms with E-state index in [0.29, 0.717) is 54.3 Å². The van der Waals surface area contributed by atoms with Crippen LogP contribution in [0, 0.1) is 6.92 Å². The number of benzene rings is 1. The predicted molar refractivity (Wildman–Crippen MR) is 131 cm³/mol. The number of piperazine rings is 1. The summed E-state index contributed by atoms with van der Waals surface area (Å²) in [6, 6.07) is 8.74. The minimum Gasteiger partial charge on any atom is -0.464 e. The minimum atomic E-state index is -0.484. The van der Waals surface area contributed by atoms with Crippen molar-refractivity contribution in [3.05, 3.63) is 75.8 Å². The highest BCUT2D eigenvalue weighted by atomic mass is 16.3. The molecule has 1 aliphatic carbocycles. The molecule has 36 heavy (non-hydrogen) atoms. The zero-order chi connectivity index (χ0) is 24.6. The number of furan rings is 1. The molecule has 3 aromatic heterocycles. The Morgan fingerprint density at radius 2 is 1.89 bits per heavy atom. The Hall–Kier alpha value is -3.79. The normalized spacial score (nSPS) is 18.2. The van der Waals surface area contributed by atoms with E-state index in [0.717, 1.165) is 31.2 Å². The summed E-state index contributed by atoms with van der Waals surface area (Å²) in [4.78, 5) is 30.5. The zero-order valence-electron chi connectivity index (χ0n) is 20.2. The fourth-order valence-electron chi connectivity index (χ4n) is 5.48. The first kappa shape index (κ1) is 22.7. The summed E-state index contributed by atoms with van der Waals surface area (Å²) in [5.41, 5.74) is 1.97. The Morgan fingerprint density at radius 1 is 1.08 bits per heavy atom. The van der Waals surface area contributed by atoms with Crippen molar-refractivity contribution in [1.82, 2.24) is 30.0 Å². The van der Waals surface area contributed by atoms with E-state index in [-0.39, 0.29) is 17.4 Å². The van der Waals surface area contributed by atoms with Crippen LogP contribution in [0.25, 0.3) is 11.0 Å². The molecule has 0 radical (unpaired) electrons. The van der Waals surface area contributed by atoms with Crippen molar-refractivity contribution >= 4 is 16.9 Å². The molecule has 0 spiro atoms. The van der Waals surface area contributed by atoms with Crippen LogP contribution >= 0.6 is 0 Å². The van der Waals surface area contributed by atoms with Gasteiger partial charge in [-0.3, -0.25) is 14.5 Å². The molecule has 0 unspecified atom stereocenters. The van der Waals surface area contributed by atoms with E-state index in [9.17, 15) is 9.59 Å². The van der Waals surface area contributed by atoms with E-state index in [1.165, 1.54) is 6.26 Å². The predicted octanol–water partition coefficient (Wildman–Crippen LogP) is 3.34. The first-order valence-corrected chi connectivity index (χ1v) is 12.5. The minimum absolute atomic E-state index is 0.0833. The van der Waals surface area contributed by atoms with Crippen LogP contribution in [0.15, 0.2) is 56.5 Å². The van der Waals surface area contributed by atoms with E-state index >= 15 is 0 Å². The van der Waals surface area contributed by atoms with Crippen LogP contribution in [-0.2, 0) is 0 Å². The number of hydrogen-bond donors (Lipinski definition) is 0. The highest BCUT2D eigenvalue weighted by Gasteiger charge is 2.36. The van der Waals surface area contributed by atoms with Gasteiger partial charge in [-0.05, 0) is 54.5 Å². The maximum Gasteiger partial charge on any atom is 0.289 e. The van der Waals surface area contributed by atoms with Gasteiger partial charge in [-0.1, -0.05) is 24.5 Å². The third-order valence-corrected chi connectivity index (χ3v) is 7.38. The Morgan fingerprint density at radius 3 is 2.64 bits per heavy atom. The molecule has 1 saturated heterocycles. The Kier molecular flexibility index (Phi) is 5.88. The monoisotopic (exact) mass is 488 g/mol. The molecular weight excluding hydrogens is 460 g/mol. The second kappa shape index (κ2) is 9.34. The quantitative estimate of drug-likeness (QED) is 0.421. The molecule has 6 rings (SSSR count). The third kappa shape index (κ3) is 4.01. The molecule has 1 aliphatic heterocycles. The van der Waals surface area contributed by atoms with Crippen LogP contribution in [0.4, 0.5) is 0 Å². The van der Waals surface area contributed by atoms with Crippen LogP contribution < -0.4 is 5.43 Å². The number of tetrazole rings is 1. The van der Waals surface area contributed by atoms with Crippen LogP contribution in [0.2, 0.25) is 0 Å². The number of fused-ring (bicyclic) bond motifs is 1. The summed E-state index contributed by atoms with van der Waals surface area (Å²) < 4.78 is 13.1. The molecule has 1 amide bonds. The summed E-state index contributed by atoms with van der Waals surface area (Å²) >= 11 is 0. The number of carbonyl (C=O) groups is 1. The third-order valence-electron chi connectivity index (χ3n) is 7.38. The molecule has 2 fully saturated rings. The van der Waals surface area contributed by atoms with Gasteiger partial charge in [0.25, 0.3) is 5.91 Å². The number of nitrogens with zero attached hydrogens (tertiary/aromatic N) is 6. The zero-order valence-corrected chi connectivity index (χ0v) is 20.2. The molecule has 0 N–H and O–H groups in total. The van der Waals surface area contributed by atoms with Gasteiger partial charge in [0.1, 0.15) is 17.9 Å². The molecule has 2 aliphatic rings. The van der Waals surface area contributed by atoms with E-state index < -0.39 is 6.04 Å². The van der Waals surface area contributed by atoms with Gasteiger partial charge in [0.2, 0.25) is 0 Å². The second-order valence-corrected chi connectivity index (χ2v) is 9.65. The van der Waals surface area contributed by atoms with Gasteiger partial charge in [-0.15, -0.1) is 5.10 Å². The highest BCUT2D eigenvalue weighted by Crippen LogP contribution is 2.34. The molecule has 1 saturated carbocycles. The lowest BCUT2D eigenvalue weighted by atomic mass is 10.0. The SMILES string of the molecule is Cc1ccc2occ([C@H](c3nnnn3C3CCCC3)N3CCN(C(=O)c4ccco4)CC3)c(=O)c2c1. The standard InChI is InChI=1S/C26H28N6O4/c1-17-8-9-21-19(15-17)24(33)20(16-36-21)23(25-27-28-29-32(25)18-5-2-3-6-18)30-10-12-31(13-11-30)26(34)22-7-4-14-35-22/h4,7-9,14-16,18,23H,2-3,5-6,10-13H2,1H3/t23-/m1/s1. The van der Waals surface area contributed by atoms with E-state index in [1.54, 1.807) is 23.3 Å². The van der Waals surface area contributed by atoms with Crippen molar-refractivity contribution in [2.45, 2.75) is 44.7 Å². The lowest BCUT2D eigenvalue weighted by molar-refractivity contribution is 0.0556. The number of aromatic nitrogens is 4. The van der Waals surface area contributed by atoms with Gasteiger partial charge in [-0.25, -0.2) is 4.68 Å². The Balaban J connectivity index is 1.38. The maximum absolute atomic E-state index is 13.8. The lowest BCUT2D eigenvalue weighted by Crippen LogP contribution is -2.50. The van der Waals surface area contributed by atoms with Gasteiger partial charge in [0, 0.05) is 26.2 Å². The number of aryl methyl sites for hydroxylation is 1. The van der Waals surface area contributed by atoms with Crippen LogP contribution in [0.1, 0.15) is 65.3 Å². The maximum atomic E-state index is 13.8. The van der Waals surface area contributed by atoms with Gasteiger partial charge in [-0.2, -0.15) is 0 Å². The van der Waals surface area contributed by atoms with Gasteiger partial charge < -0.3 is 13.7 Å². The van der Waals surface area contributed by atoms with E-state index in [2.05, 4.69) is 20.4 Å². The van der Waals surface area contributed by atoms with E-state index in [4.69, 9.17) is 8.83 Å². The Labute approximate surface area is 207 Å². The van der Waals surface area contributed by atoms with Crippen LogP contribution in [0.5, 0.6) is 0 Å². The van der Waals surface area contributed by atoms with Crippen molar-refractivity contribution in [1.29, 1.82) is 0 Å². The first-order valence-electron chi connectivity index (χ1n) is 12.5. The van der Waals surface area contributed by atoms with Crippen molar-refractivity contribution in [2.24, 2.45) is 0 Å². The largest absolute Gasteiger partial charge is 0.464 e. The summed E-state index contributed by atoms with van der Waals surface area (Å²) in [7, 11) is 0. The highest BCUT2D eigenvalue weighted by molar-refractivity contribution is 5.91. The summed E-state index contributed by atoms with van der Waals surface area (Å²) in [5.74, 6) is 0.843. The van der Waals surface area contributed by atoms with Gasteiger partial charge >= 0.3 is 0 Å². The number of amides is 1. The lowest BCUT2D eigenvalue weighted by Gasteiger charge is -2.38. The summed E-state index contributed by atoms with van der Waals surface area (Å²) in [6.07, 6.45) is 7.37. The van der Waals surface area contributed by atoms with Crippen LogP contribution in [0.3, 0.4) is 0 Å². The molecule has 4 aromatic rings. The molecule has 4 heterocycles. The second-order valence-electron chi connectivity index (χ2n) is 9.65. The molecule has 10 heteroatoms. The molecule has 0 bridgehead atoms. The summed E-state index contributed by atoms with van der Waals surface area (Å²) in [6.45, 7) is 4.07. The molecule has 10 nitrogen and oxygen atoms in total. The smallest absolute Gasteiger partial charge is 0.289 e. The fraction of sp³-hybridized carbons (Fsp3) is 0.423. The fourth-order valence-corrected chi connectivity index (χ4v) is 5.48. The molecule has 1 atom stereocenters. The summed E-state index contributed by atoms with van der Waals surface area (Å²) in [5, 5.41) is 13.3. The van der Waals surface area contributed by atoms with Crippen LogP contribution in [-0.4, -0.2) is 62.1 Å². The molecule has 1 aromatic carbocycles. The van der Waals surface area contributed by atoms with Crippen molar-refractivity contribution in [2.75, 3.05) is 26.2 Å². The molecule has 186 valence electrons. The van der Waals surface area contributed by atoms with Crippen molar-refractivity contribution in [3.63, 3.8) is 0 Å². The first-order chi connectivity index (χ1) is 17.6. The van der Waals surface area contributed by atoms with Crippen molar-refractivity contribution < 1.29 is 13.6 Å². The number of carbonyl (C=O) groups excluding carboxylic acids is 1. The average molecular weight is 489 g/mol. The van der Waals surface area contributed by atoms with Crippen molar-refractivity contribution in [3.8, 4) is 0 Å².